The molecule has 0 aliphatic carbocycles. The summed E-state index contributed by atoms with van der Waals surface area (Å²) in [5, 5.41) is 6.06. The van der Waals surface area contributed by atoms with Crippen LogP contribution in [-0.2, 0) is 9.53 Å². The minimum Gasteiger partial charge on any atom is -0.374 e. The predicted molar refractivity (Wildman–Crippen MR) is 81.1 cm³/mol. The normalized spacial score (nSPS) is 34.5. The summed E-state index contributed by atoms with van der Waals surface area (Å²) < 4.78 is 5.99. The van der Waals surface area contributed by atoms with Gasteiger partial charge >= 0.3 is 0 Å². The fraction of sp³-hybridized carbons (Fsp3) is 0.867. The van der Waals surface area contributed by atoms with Gasteiger partial charge in [0, 0.05) is 38.0 Å². The second kappa shape index (κ2) is 5.83. The van der Waals surface area contributed by atoms with Crippen molar-refractivity contribution < 1.29 is 9.53 Å². The van der Waals surface area contributed by atoms with Crippen molar-refractivity contribution in [1.82, 2.24) is 15.5 Å². The Labute approximate surface area is 126 Å². The Hall–Kier alpha value is -1.30. The summed E-state index contributed by atoms with van der Waals surface area (Å²) in [4.78, 5) is 18.3. The molecule has 0 saturated carbocycles. The van der Waals surface area contributed by atoms with Crippen molar-refractivity contribution >= 4 is 11.9 Å². The van der Waals surface area contributed by atoms with Crippen molar-refractivity contribution in [1.29, 1.82) is 0 Å². The highest BCUT2D eigenvalue weighted by atomic mass is 16.5. The van der Waals surface area contributed by atoms with Crippen LogP contribution in [-0.4, -0.2) is 61.7 Å². The van der Waals surface area contributed by atoms with Crippen LogP contribution in [0, 0.1) is 11.8 Å². The molecule has 4 atom stereocenters. The molecule has 3 rings (SSSR count). The Balaban J connectivity index is 1.53. The van der Waals surface area contributed by atoms with Crippen LogP contribution in [0.5, 0.6) is 0 Å². The smallest absolute Gasteiger partial charge is 0.239 e. The molecule has 3 aliphatic rings. The van der Waals surface area contributed by atoms with E-state index >= 15 is 0 Å². The zero-order valence-electron chi connectivity index (χ0n) is 13.1. The van der Waals surface area contributed by atoms with E-state index in [-0.39, 0.29) is 18.5 Å². The van der Waals surface area contributed by atoms with Gasteiger partial charge in [0.2, 0.25) is 5.91 Å². The Morgan fingerprint density at radius 2 is 1.90 bits per heavy atom. The fourth-order valence-corrected chi connectivity index (χ4v) is 4.00. The maximum absolute atomic E-state index is 11.7. The van der Waals surface area contributed by atoms with E-state index in [0.29, 0.717) is 24.0 Å². The first-order valence-electron chi connectivity index (χ1n) is 7.99. The van der Waals surface area contributed by atoms with Gasteiger partial charge < -0.3 is 20.3 Å². The lowest BCUT2D eigenvalue weighted by Gasteiger charge is -2.23. The summed E-state index contributed by atoms with van der Waals surface area (Å²) in [6.45, 7) is 6.20. The Morgan fingerprint density at radius 1 is 1.29 bits per heavy atom. The lowest BCUT2D eigenvalue weighted by molar-refractivity contribution is -0.120. The van der Waals surface area contributed by atoms with Crippen molar-refractivity contribution in [2.75, 3.05) is 26.7 Å². The van der Waals surface area contributed by atoms with E-state index in [1.54, 1.807) is 7.05 Å². The van der Waals surface area contributed by atoms with Crippen LogP contribution >= 0.6 is 0 Å². The molecule has 21 heavy (non-hydrogen) atoms. The molecule has 3 saturated heterocycles. The summed E-state index contributed by atoms with van der Waals surface area (Å²) in [5.74, 6) is 2.13. The van der Waals surface area contributed by atoms with E-state index in [1.165, 1.54) is 12.8 Å². The van der Waals surface area contributed by atoms with Crippen molar-refractivity contribution in [2.24, 2.45) is 16.8 Å². The van der Waals surface area contributed by atoms with E-state index in [4.69, 9.17) is 4.74 Å². The van der Waals surface area contributed by atoms with Crippen molar-refractivity contribution in [2.45, 2.75) is 44.9 Å². The highest BCUT2D eigenvalue weighted by molar-refractivity contribution is 5.86. The van der Waals surface area contributed by atoms with E-state index in [9.17, 15) is 4.79 Å². The Kier molecular flexibility index (Phi) is 4.06. The van der Waals surface area contributed by atoms with Crippen molar-refractivity contribution in [3.8, 4) is 0 Å². The summed E-state index contributed by atoms with van der Waals surface area (Å²) in [6.07, 6.45) is 3.32. The second-order valence-electron chi connectivity index (χ2n) is 6.65. The number of carbonyl (C=O) groups excluding carboxylic acids is 1. The van der Waals surface area contributed by atoms with Crippen LogP contribution in [0.1, 0.15) is 26.7 Å². The van der Waals surface area contributed by atoms with Crippen LogP contribution in [0.15, 0.2) is 4.99 Å². The molecule has 0 spiro atoms. The molecule has 3 aliphatic heterocycles. The molecule has 3 fully saturated rings. The largest absolute Gasteiger partial charge is 0.374 e. The third-order valence-electron chi connectivity index (χ3n) is 4.82. The first kappa shape index (κ1) is 14.6. The minimum atomic E-state index is 0.00828. The van der Waals surface area contributed by atoms with E-state index < -0.39 is 0 Å². The van der Waals surface area contributed by atoms with Gasteiger partial charge in [0.25, 0.3) is 0 Å². The van der Waals surface area contributed by atoms with Crippen LogP contribution in [0.4, 0.5) is 0 Å². The lowest BCUT2D eigenvalue weighted by atomic mass is 9.82. The fourth-order valence-electron chi connectivity index (χ4n) is 4.00. The summed E-state index contributed by atoms with van der Waals surface area (Å²) in [7, 11) is 1.78. The molecule has 3 heterocycles. The van der Waals surface area contributed by atoms with Crippen molar-refractivity contribution in [3.63, 3.8) is 0 Å². The molecule has 2 N–H and O–H groups in total. The first-order chi connectivity index (χ1) is 10.1. The van der Waals surface area contributed by atoms with Gasteiger partial charge in [-0.25, -0.2) is 0 Å². The number of aliphatic imine (C=N–C) groups is 1. The third kappa shape index (κ3) is 2.86. The van der Waals surface area contributed by atoms with E-state index in [0.717, 1.165) is 19.0 Å². The minimum absolute atomic E-state index is 0.00828. The number of rotatable bonds is 3. The van der Waals surface area contributed by atoms with Gasteiger partial charge in [-0.15, -0.1) is 0 Å². The second-order valence-corrected chi connectivity index (χ2v) is 6.65. The molecule has 4 unspecified atom stereocenters. The van der Waals surface area contributed by atoms with Gasteiger partial charge in [0.15, 0.2) is 5.96 Å². The van der Waals surface area contributed by atoms with E-state index in [2.05, 4.69) is 20.5 Å². The standard InChI is InChI=1S/C15H26N4O2/c1-9(2)18-14(20)6-17-15(16-3)19-7-10-11(8-19)13-5-4-12(10)21-13/h9-13H,4-8H2,1-3H3,(H,16,17)(H,18,20). The number of likely N-dealkylation sites (tertiary alicyclic amines) is 1. The monoisotopic (exact) mass is 294 g/mol. The summed E-state index contributed by atoms with van der Waals surface area (Å²) in [5.41, 5.74) is 0. The number of hydrogen-bond acceptors (Lipinski definition) is 3. The molecule has 6 nitrogen and oxygen atoms in total. The van der Waals surface area contributed by atoms with Crippen LogP contribution < -0.4 is 10.6 Å². The number of carbonyl (C=O) groups is 1. The zero-order valence-corrected chi connectivity index (χ0v) is 13.1. The number of fused-ring (bicyclic) bond motifs is 5. The van der Waals surface area contributed by atoms with Crippen molar-refractivity contribution in [3.05, 3.63) is 0 Å². The van der Waals surface area contributed by atoms with Crippen LogP contribution in [0.25, 0.3) is 0 Å². The number of hydrogen-bond donors (Lipinski definition) is 2. The van der Waals surface area contributed by atoms with Crippen LogP contribution in [0.3, 0.4) is 0 Å². The molecule has 118 valence electrons. The predicted octanol–water partition coefficient (Wildman–Crippen LogP) is 0.196. The average Bonchev–Trinajstić information content (AvgIpc) is 3.10. The highest BCUT2D eigenvalue weighted by Gasteiger charge is 2.53. The molecule has 0 aromatic carbocycles. The quantitative estimate of drug-likeness (QED) is 0.576. The Bertz CT molecular complexity index is 419. The molecule has 6 heteroatoms. The molecule has 2 bridgehead atoms. The molecule has 0 radical (unpaired) electrons. The molecule has 1 amide bonds. The third-order valence-corrected chi connectivity index (χ3v) is 4.82. The number of nitrogens with one attached hydrogen (secondary N) is 2. The maximum atomic E-state index is 11.7. The number of nitrogens with zero attached hydrogens (tertiary/aromatic N) is 2. The molecule has 0 aromatic heterocycles. The van der Waals surface area contributed by atoms with Gasteiger partial charge in [-0.1, -0.05) is 0 Å². The van der Waals surface area contributed by atoms with Gasteiger partial charge in [-0.05, 0) is 26.7 Å². The SMILES string of the molecule is CN=C(NCC(=O)NC(C)C)N1CC2C3CCC(O3)C2C1. The number of ether oxygens (including phenoxy) is 1. The maximum Gasteiger partial charge on any atom is 0.239 e. The Morgan fingerprint density at radius 3 is 2.43 bits per heavy atom. The van der Waals surface area contributed by atoms with E-state index in [1.807, 2.05) is 13.8 Å². The number of amides is 1. The highest BCUT2D eigenvalue weighted by Crippen LogP contribution is 2.47. The molecule has 0 aromatic rings. The average molecular weight is 294 g/mol. The van der Waals surface area contributed by atoms with Gasteiger partial charge in [0.1, 0.15) is 0 Å². The zero-order chi connectivity index (χ0) is 15.0. The molecular formula is C15H26N4O2. The summed E-state index contributed by atoms with van der Waals surface area (Å²) in [6, 6.07) is 0.167. The lowest BCUT2D eigenvalue weighted by Crippen LogP contribution is -2.46. The molecular weight excluding hydrogens is 268 g/mol. The topological polar surface area (TPSA) is 66.0 Å². The first-order valence-corrected chi connectivity index (χ1v) is 7.99. The number of guanidine groups is 1. The van der Waals surface area contributed by atoms with Gasteiger partial charge in [-0.2, -0.15) is 0 Å². The van der Waals surface area contributed by atoms with Gasteiger partial charge in [-0.3, -0.25) is 9.79 Å². The summed E-state index contributed by atoms with van der Waals surface area (Å²) >= 11 is 0. The van der Waals surface area contributed by atoms with Gasteiger partial charge in [0.05, 0.1) is 18.8 Å². The van der Waals surface area contributed by atoms with Crippen LogP contribution in [0.2, 0.25) is 0 Å².